The van der Waals surface area contributed by atoms with E-state index in [0.717, 1.165) is 0 Å². The molecule has 0 saturated carbocycles. The summed E-state index contributed by atoms with van der Waals surface area (Å²) in [4.78, 5) is 12.6. The zero-order valence-corrected chi connectivity index (χ0v) is 17.7. The van der Waals surface area contributed by atoms with Crippen molar-refractivity contribution in [3.63, 3.8) is 0 Å². The number of carbonyl (C=O) groups excluding carboxylic acids is 1. The molecule has 9 heteroatoms. The normalized spacial score (nSPS) is 20.7. The summed E-state index contributed by atoms with van der Waals surface area (Å²) in [6.45, 7) is 4.21. The van der Waals surface area contributed by atoms with Crippen LogP contribution in [0.4, 0.5) is 5.69 Å². The molecule has 2 aromatic carbocycles. The number of carbonyl (C=O) groups is 1. The molecule has 0 aromatic heterocycles. The minimum Gasteiger partial charge on any atom is -0.373 e. The molecule has 1 saturated heterocycles. The van der Waals surface area contributed by atoms with E-state index < -0.39 is 15.9 Å². The molecule has 1 aliphatic rings. The standard InChI is InChI=1S/C19H20Cl2N2O4S/c1-12-10-23(11-13(2)27-12)28(25,26)16-5-3-4-14(8-16)19(24)22-15-6-7-17(20)18(21)9-15/h3-9,12-13H,10-11H2,1-2H3,(H,22,24). The molecular formula is C19H20Cl2N2O4S. The summed E-state index contributed by atoms with van der Waals surface area (Å²) in [5, 5.41) is 3.38. The van der Waals surface area contributed by atoms with E-state index in [9.17, 15) is 13.2 Å². The van der Waals surface area contributed by atoms with Gasteiger partial charge in [-0.1, -0.05) is 29.3 Å². The second-order valence-corrected chi connectivity index (χ2v) is 9.44. The smallest absolute Gasteiger partial charge is 0.255 e. The van der Waals surface area contributed by atoms with Crippen molar-refractivity contribution in [3.8, 4) is 0 Å². The lowest BCUT2D eigenvalue weighted by molar-refractivity contribution is -0.0440. The van der Waals surface area contributed by atoms with Crippen LogP contribution in [0.1, 0.15) is 24.2 Å². The van der Waals surface area contributed by atoms with Crippen LogP contribution in [0.5, 0.6) is 0 Å². The van der Waals surface area contributed by atoms with Crippen LogP contribution in [0.2, 0.25) is 10.0 Å². The number of hydrogen-bond acceptors (Lipinski definition) is 4. The van der Waals surface area contributed by atoms with E-state index in [2.05, 4.69) is 5.32 Å². The number of hydrogen-bond donors (Lipinski definition) is 1. The average molecular weight is 443 g/mol. The van der Waals surface area contributed by atoms with Gasteiger partial charge in [-0.25, -0.2) is 8.42 Å². The number of rotatable bonds is 4. The quantitative estimate of drug-likeness (QED) is 0.774. The Bertz CT molecular complexity index is 987. The molecule has 0 bridgehead atoms. The van der Waals surface area contributed by atoms with Crippen molar-refractivity contribution in [2.75, 3.05) is 18.4 Å². The highest BCUT2D eigenvalue weighted by Crippen LogP contribution is 2.26. The van der Waals surface area contributed by atoms with Crippen LogP contribution in [-0.2, 0) is 14.8 Å². The third kappa shape index (κ3) is 4.67. The lowest BCUT2D eigenvalue weighted by Crippen LogP contribution is -2.48. The van der Waals surface area contributed by atoms with Gasteiger partial charge in [0, 0.05) is 24.3 Å². The van der Waals surface area contributed by atoms with Gasteiger partial charge in [0.2, 0.25) is 10.0 Å². The Kier molecular flexibility index (Phi) is 6.31. The number of sulfonamides is 1. The Morgan fingerprint density at radius 3 is 2.39 bits per heavy atom. The Hall–Kier alpha value is -1.64. The molecule has 0 radical (unpaired) electrons. The molecule has 6 nitrogen and oxygen atoms in total. The molecule has 1 amide bonds. The van der Waals surface area contributed by atoms with Gasteiger partial charge in [-0.2, -0.15) is 4.31 Å². The molecule has 2 atom stereocenters. The first-order valence-corrected chi connectivity index (χ1v) is 10.9. The van der Waals surface area contributed by atoms with Gasteiger partial charge < -0.3 is 10.1 Å². The molecule has 1 heterocycles. The van der Waals surface area contributed by atoms with Crippen LogP contribution in [0.3, 0.4) is 0 Å². The van der Waals surface area contributed by atoms with Gasteiger partial charge >= 0.3 is 0 Å². The Labute approximate surface area is 174 Å². The first-order chi connectivity index (χ1) is 13.2. The molecule has 2 aromatic rings. The van der Waals surface area contributed by atoms with Crippen LogP contribution in [-0.4, -0.2) is 43.9 Å². The Balaban J connectivity index is 1.83. The van der Waals surface area contributed by atoms with E-state index in [4.69, 9.17) is 27.9 Å². The van der Waals surface area contributed by atoms with E-state index in [1.54, 1.807) is 24.3 Å². The molecule has 3 rings (SSSR count). The molecule has 2 unspecified atom stereocenters. The maximum Gasteiger partial charge on any atom is 0.255 e. The molecule has 0 aliphatic carbocycles. The SMILES string of the molecule is CC1CN(S(=O)(=O)c2cccc(C(=O)Nc3ccc(Cl)c(Cl)c3)c2)CC(C)O1. The van der Waals surface area contributed by atoms with Crippen molar-refractivity contribution in [1.82, 2.24) is 4.31 Å². The second kappa shape index (κ2) is 8.39. The number of morpholine rings is 1. The average Bonchev–Trinajstić information content (AvgIpc) is 2.64. The molecule has 1 fully saturated rings. The summed E-state index contributed by atoms with van der Waals surface area (Å²) in [7, 11) is -3.73. The minimum atomic E-state index is -3.73. The molecule has 150 valence electrons. The summed E-state index contributed by atoms with van der Waals surface area (Å²) >= 11 is 11.8. The van der Waals surface area contributed by atoms with Crippen LogP contribution in [0.15, 0.2) is 47.4 Å². The first kappa shape index (κ1) is 21.1. The number of anilines is 1. The number of nitrogens with zero attached hydrogens (tertiary/aromatic N) is 1. The summed E-state index contributed by atoms with van der Waals surface area (Å²) in [6, 6.07) is 10.7. The summed E-state index contributed by atoms with van der Waals surface area (Å²) in [6.07, 6.45) is -0.390. The van der Waals surface area contributed by atoms with Crippen molar-refractivity contribution >= 4 is 44.8 Å². The zero-order valence-electron chi connectivity index (χ0n) is 15.4. The highest BCUT2D eigenvalue weighted by atomic mass is 35.5. The molecule has 0 spiro atoms. The third-order valence-corrected chi connectivity index (χ3v) is 6.86. The maximum absolute atomic E-state index is 13.0. The fourth-order valence-corrected chi connectivity index (χ4v) is 4.99. The van der Waals surface area contributed by atoms with Gasteiger partial charge in [0.1, 0.15) is 0 Å². The third-order valence-electron chi connectivity index (χ3n) is 4.30. The van der Waals surface area contributed by atoms with Gasteiger partial charge in [0.15, 0.2) is 0 Å². The van der Waals surface area contributed by atoms with Crippen molar-refractivity contribution in [1.29, 1.82) is 0 Å². The zero-order chi connectivity index (χ0) is 20.5. The largest absolute Gasteiger partial charge is 0.373 e. The van der Waals surface area contributed by atoms with E-state index >= 15 is 0 Å². The number of halogens is 2. The topological polar surface area (TPSA) is 75.7 Å². The van der Waals surface area contributed by atoms with Gasteiger partial charge in [-0.15, -0.1) is 0 Å². The summed E-state index contributed by atoms with van der Waals surface area (Å²) in [5.41, 5.74) is 0.685. The fourth-order valence-electron chi connectivity index (χ4n) is 3.05. The van der Waals surface area contributed by atoms with Crippen LogP contribution in [0.25, 0.3) is 0 Å². The van der Waals surface area contributed by atoms with Crippen molar-refractivity contribution in [2.24, 2.45) is 0 Å². The van der Waals surface area contributed by atoms with Crippen LogP contribution < -0.4 is 5.32 Å². The van der Waals surface area contributed by atoms with E-state index in [-0.39, 0.29) is 35.8 Å². The number of benzene rings is 2. The highest BCUT2D eigenvalue weighted by molar-refractivity contribution is 7.89. The van der Waals surface area contributed by atoms with E-state index in [1.165, 1.54) is 22.5 Å². The number of ether oxygens (including phenoxy) is 1. The number of nitrogens with one attached hydrogen (secondary N) is 1. The molecule has 1 N–H and O–H groups in total. The second-order valence-electron chi connectivity index (χ2n) is 6.69. The predicted molar refractivity (Wildman–Crippen MR) is 110 cm³/mol. The van der Waals surface area contributed by atoms with Crippen LogP contribution >= 0.6 is 23.2 Å². The lowest BCUT2D eigenvalue weighted by Gasteiger charge is -2.34. The van der Waals surface area contributed by atoms with Gasteiger partial charge in [-0.3, -0.25) is 4.79 Å². The first-order valence-electron chi connectivity index (χ1n) is 8.69. The molecule has 28 heavy (non-hydrogen) atoms. The Morgan fingerprint density at radius 1 is 1.07 bits per heavy atom. The minimum absolute atomic E-state index is 0.0654. The fraction of sp³-hybridized carbons (Fsp3) is 0.316. The van der Waals surface area contributed by atoms with Crippen LogP contribution in [0, 0.1) is 0 Å². The monoisotopic (exact) mass is 442 g/mol. The van der Waals surface area contributed by atoms with Gasteiger partial charge in [0.05, 0.1) is 27.1 Å². The molecule has 1 aliphatic heterocycles. The van der Waals surface area contributed by atoms with E-state index in [1.807, 2.05) is 13.8 Å². The van der Waals surface area contributed by atoms with E-state index in [0.29, 0.717) is 15.7 Å². The van der Waals surface area contributed by atoms with Gasteiger partial charge in [-0.05, 0) is 50.2 Å². The van der Waals surface area contributed by atoms with Crippen molar-refractivity contribution in [3.05, 3.63) is 58.1 Å². The Morgan fingerprint density at radius 2 is 1.75 bits per heavy atom. The van der Waals surface area contributed by atoms with Crippen molar-refractivity contribution < 1.29 is 17.9 Å². The predicted octanol–water partition coefficient (Wildman–Crippen LogP) is 4.04. The van der Waals surface area contributed by atoms with Gasteiger partial charge in [0.25, 0.3) is 5.91 Å². The summed E-state index contributed by atoms with van der Waals surface area (Å²) in [5.74, 6) is -0.445. The number of amides is 1. The maximum atomic E-state index is 13.0. The lowest BCUT2D eigenvalue weighted by atomic mass is 10.2. The molecular weight excluding hydrogens is 423 g/mol. The highest BCUT2D eigenvalue weighted by Gasteiger charge is 2.32. The van der Waals surface area contributed by atoms with Crippen molar-refractivity contribution in [2.45, 2.75) is 31.0 Å². The summed E-state index contributed by atoms with van der Waals surface area (Å²) < 4.78 is 33.0.